The number of nitrogens with zero attached hydrogens (tertiary/aromatic N) is 1. The van der Waals surface area contributed by atoms with Crippen LogP contribution in [0.2, 0.25) is 0 Å². The molecule has 24 heavy (non-hydrogen) atoms. The van der Waals surface area contributed by atoms with Gasteiger partial charge in [-0.1, -0.05) is 6.07 Å². The largest absolute Gasteiger partial charge is 0.508 e. The lowest BCUT2D eigenvalue weighted by molar-refractivity contribution is 0.0986. The van der Waals surface area contributed by atoms with Crippen LogP contribution in [0.25, 0.3) is 10.9 Å². The first-order valence-electron chi connectivity index (χ1n) is 7.89. The van der Waals surface area contributed by atoms with E-state index in [0.717, 1.165) is 24.0 Å². The van der Waals surface area contributed by atoms with Crippen molar-refractivity contribution in [3.63, 3.8) is 0 Å². The molecule has 3 aromatic rings. The Morgan fingerprint density at radius 1 is 1.25 bits per heavy atom. The summed E-state index contributed by atoms with van der Waals surface area (Å²) in [4.78, 5) is 32.6. The first-order chi connectivity index (χ1) is 11.6. The number of aryl methyl sites for hydroxylation is 2. The van der Waals surface area contributed by atoms with Gasteiger partial charge in [-0.05, 0) is 37.0 Å². The zero-order chi connectivity index (χ0) is 16.8. The Balaban J connectivity index is 1.86. The molecule has 1 aliphatic rings. The van der Waals surface area contributed by atoms with E-state index in [-0.39, 0.29) is 17.2 Å². The van der Waals surface area contributed by atoms with Gasteiger partial charge in [0.2, 0.25) is 0 Å². The average molecular weight is 323 g/mol. The second-order valence-corrected chi connectivity index (χ2v) is 6.13. The Labute approximate surface area is 137 Å². The molecule has 2 aromatic heterocycles. The van der Waals surface area contributed by atoms with Gasteiger partial charge in [-0.2, -0.15) is 0 Å². The predicted octanol–water partition coefficient (Wildman–Crippen LogP) is 2.46. The lowest BCUT2D eigenvalue weighted by Crippen LogP contribution is -2.35. The quantitative estimate of drug-likeness (QED) is 0.642. The summed E-state index contributed by atoms with van der Waals surface area (Å²) >= 11 is 0. The molecular weight excluding hydrogens is 306 g/mol. The molecule has 1 amide bonds. The molecule has 6 heteroatoms. The highest BCUT2D eigenvalue weighted by molar-refractivity contribution is 6.14. The van der Waals surface area contributed by atoms with Gasteiger partial charge in [-0.3, -0.25) is 9.59 Å². The van der Waals surface area contributed by atoms with Crippen LogP contribution >= 0.6 is 0 Å². The molecule has 3 N–H and O–H groups in total. The Kier molecular flexibility index (Phi) is 3.19. The van der Waals surface area contributed by atoms with E-state index in [0.29, 0.717) is 28.7 Å². The zero-order valence-electron chi connectivity index (χ0n) is 13.2. The van der Waals surface area contributed by atoms with Crippen molar-refractivity contribution in [1.29, 1.82) is 0 Å². The maximum Gasteiger partial charge on any atom is 0.260 e. The van der Waals surface area contributed by atoms with Gasteiger partial charge in [-0.15, -0.1) is 0 Å². The smallest absolute Gasteiger partial charge is 0.260 e. The van der Waals surface area contributed by atoms with Crippen molar-refractivity contribution in [2.75, 3.05) is 11.4 Å². The summed E-state index contributed by atoms with van der Waals surface area (Å²) in [7, 11) is 0. The molecule has 0 saturated heterocycles. The molecule has 0 unspecified atom stereocenters. The molecule has 0 aliphatic carbocycles. The van der Waals surface area contributed by atoms with Crippen molar-refractivity contribution in [3.8, 4) is 5.75 Å². The summed E-state index contributed by atoms with van der Waals surface area (Å²) < 4.78 is 0. The van der Waals surface area contributed by atoms with Crippen molar-refractivity contribution in [3.05, 3.63) is 57.6 Å². The Bertz CT molecular complexity index is 1020. The number of H-pyrrole nitrogens is 2. The number of hydrogen-bond acceptors (Lipinski definition) is 3. The summed E-state index contributed by atoms with van der Waals surface area (Å²) in [6.07, 6.45) is 4.93. The van der Waals surface area contributed by atoms with E-state index in [2.05, 4.69) is 9.97 Å². The van der Waals surface area contributed by atoms with E-state index >= 15 is 0 Å². The molecule has 1 aliphatic heterocycles. The normalized spacial score (nSPS) is 14.0. The van der Waals surface area contributed by atoms with Crippen LogP contribution in [0.1, 0.15) is 27.9 Å². The molecule has 1 aromatic carbocycles. The number of phenols is 1. The number of carbonyl (C=O) groups excluding carboxylic acids is 1. The van der Waals surface area contributed by atoms with E-state index in [1.54, 1.807) is 29.4 Å². The fourth-order valence-electron chi connectivity index (χ4n) is 3.38. The minimum atomic E-state index is -0.284. The van der Waals surface area contributed by atoms with Crippen molar-refractivity contribution in [2.24, 2.45) is 0 Å². The van der Waals surface area contributed by atoms with Crippen molar-refractivity contribution in [2.45, 2.75) is 19.8 Å². The van der Waals surface area contributed by atoms with Crippen molar-refractivity contribution < 1.29 is 9.90 Å². The predicted molar refractivity (Wildman–Crippen MR) is 91.8 cm³/mol. The summed E-state index contributed by atoms with van der Waals surface area (Å²) in [5.74, 6) is -0.107. The van der Waals surface area contributed by atoms with E-state index in [1.807, 2.05) is 13.0 Å². The lowest BCUT2D eigenvalue weighted by Gasteiger charge is -2.29. The molecule has 0 bridgehead atoms. The molecule has 4 rings (SSSR count). The first kappa shape index (κ1) is 14.6. The Hall–Kier alpha value is -3.02. The molecule has 0 radical (unpaired) electrons. The van der Waals surface area contributed by atoms with E-state index < -0.39 is 0 Å². The summed E-state index contributed by atoms with van der Waals surface area (Å²) in [6, 6.07) is 5.08. The Morgan fingerprint density at radius 2 is 2.08 bits per heavy atom. The fourth-order valence-corrected chi connectivity index (χ4v) is 3.38. The molecule has 3 heterocycles. The van der Waals surface area contributed by atoms with Gasteiger partial charge in [0.25, 0.3) is 11.5 Å². The topological polar surface area (TPSA) is 89.2 Å². The van der Waals surface area contributed by atoms with Crippen LogP contribution in [0.4, 0.5) is 5.69 Å². The highest BCUT2D eigenvalue weighted by Crippen LogP contribution is 2.32. The van der Waals surface area contributed by atoms with Gasteiger partial charge < -0.3 is 20.0 Å². The number of carbonyl (C=O) groups is 1. The number of hydrogen-bond donors (Lipinski definition) is 3. The van der Waals surface area contributed by atoms with Crippen LogP contribution in [-0.4, -0.2) is 27.5 Å². The van der Waals surface area contributed by atoms with Crippen LogP contribution in [-0.2, 0) is 6.42 Å². The summed E-state index contributed by atoms with van der Waals surface area (Å²) in [5.41, 5.74) is 3.36. The minimum Gasteiger partial charge on any atom is -0.508 e. The standard InChI is InChI=1S/C18H17N3O3/c1-10-8-20-17(23)15-13(9-19-16(10)15)18(24)21-6-2-3-11-4-5-12(22)7-14(11)21/h4-5,7-9,19,22H,2-3,6H2,1H3,(H,20,23). The third-order valence-electron chi connectivity index (χ3n) is 4.58. The number of rotatable bonds is 1. The molecule has 122 valence electrons. The maximum absolute atomic E-state index is 13.1. The van der Waals surface area contributed by atoms with E-state index in [1.165, 1.54) is 0 Å². The zero-order valence-corrected chi connectivity index (χ0v) is 13.2. The molecule has 0 atom stereocenters. The second-order valence-electron chi connectivity index (χ2n) is 6.13. The number of pyridine rings is 1. The van der Waals surface area contributed by atoms with E-state index in [9.17, 15) is 14.7 Å². The molecular formula is C18H17N3O3. The average Bonchev–Trinajstić information content (AvgIpc) is 3.03. The van der Waals surface area contributed by atoms with Gasteiger partial charge in [-0.25, -0.2) is 0 Å². The van der Waals surface area contributed by atoms with Gasteiger partial charge in [0.1, 0.15) is 5.75 Å². The van der Waals surface area contributed by atoms with Crippen LogP contribution in [0.3, 0.4) is 0 Å². The van der Waals surface area contributed by atoms with Crippen molar-refractivity contribution >= 4 is 22.5 Å². The lowest BCUT2D eigenvalue weighted by atomic mass is 10.0. The monoisotopic (exact) mass is 323 g/mol. The number of amides is 1. The molecule has 0 saturated carbocycles. The number of aromatic amines is 2. The second kappa shape index (κ2) is 5.26. The van der Waals surface area contributed by atoms with Gasteiger partial charge in [0.05, 0.1) is 22.2 Å². The first-order valence-corrected chi connectivity index (χ1v) is 7.89. The summed E-state index contributed by atoms with van der Waals surface area (Å²) in [6.45, 7) is 2.43. The number of anilines is 1. The molecule has 6 nitrogen and oxygen atoms in total. The third-order valence-corrected chi connectivity index (χ3v) is 4.58. The van der Waals surface area contributed by atoms with Gasteiger partial charge in [0.15, 0.2) is 0 Å². The van der Waals surface area contributed by atoms with Crippen LogP contribution in [0.15, 0.2) is 35.4 Å². The molecule has 0 fully saturated rings. The highest BCUT2D eigenvalue weighted by atomic mass is 16.3. The number of nitrogens with one attached hydrogen (secondary N) is 2. The van der Waals surface area contributed by atoms with E-state index in [4.69, 9.17) is 0 Å². The maximum atomic E-state index is 13.1. The van der Waals surface area contributed by atoms with Gasteiger partial charge >= 0.3 is 0 Å². The van der Waals surface area contributed by atoms with Gasteiger partial charge in [0, 0.05) is 25.0 Å². The number of fused-ring (bicyclic) bond motifs is 2. The van der Waals surface area contributed by atoms with Crippen LogP contribution in [0, 0.1) is 6.92 Å². The number of aromatic hydroxyl groups is 1. The van der Waals surface area contributed by atoms with Crippen molar-refractivity contribution in [1.82, 2.24) is 9.97 Å². The molecule has 0 spiro atoms. The fraction of sp³-hybridized carbons (Fsp3) is 0.222. The third kappa shape index (κ3) is 2.11. The summed E-state index contributed by atoms with van der Waals surface area (Å²) in [5, 5.41) is 10.2. The van der Waals surface area contributed by atoms with Crippen LogP contribution in [0.5, 0.6) is 5.75 Å². The minimum absolute atomic E-state index is 0.126. The Morgan fingerprint density at radius 3 is 2.92 bits per heavy atom. The number of phenolic OH excluding ortho intramolecular Hbond substituents is 1. The SMILES string of the molecule is Cc1c[nH]c(=O)c2c(C(=O)N3CCCc4ccc(O)cc43)c[nH]c12. The number of benzene rings is 1. The van der Waals surface area contributed by atoms with Crippen LogP contribution < -0.4 is 10.5 Å². The number of aromatic nitrogens is 2. The highest BCUT2D eigenvalue weighted by Gasteiger charge is 2.26.